The predicted octanol–water partition coefficient (Wildman–Crippen LogP) is 4.48. The van der Waals surface area contributed by atoms with Crippen molar-refractivity contribution in [2.75, 3.05) is 26.3 Å². The van der Waals surface area contributed by atoms with Crippen molar-refractivity contribution in [1.29, 1.82) is 0 Å². The van der Waals surface area contributed by atoms with E-state index >= 15 is 0 Å². The van der Waals surface area contributed by atoms with E-state index in [1.807, 2.05) is 42.2 Å². The quantitative estimate of drug-likeness (QED) is 0.616. The topological polar surface area (TPSA) is 51.7 Å². The van der Waals surface area contributed by atoms with Crippen LogP contribution in [0.25, 0.3) is 10.2 Å². The van der Waals surface area contributed by atoms with Gasteiger partial charge in [-0.3, -0.25) is 4.79 Å². The molecule has 2 heterocycles. The summed E-state index contributed by atoms with van der Waals surface area (Å²) in [7, 11) is 0. The second kappa shape index (κ2) is 8.61. The molecule has 6 heteroatoms. The summed E-state index contributed by atoms with van der Waals surface area (Å²) in [6.45, 7) is 4.16. The Morgan fingerprint density at radius 3 is 2.43 bits per heavy atom. The van der Waals surface area contributed by atoms with Gasteiger partial charge in [-0.1, -0.05) is 12.1 Å². The van der Waals surface area contributed by atoms with Gasteiger partial charge in [0.2, 0.25) is 0 Å². The Balaban J connectivity index is 1.27. The molecule has 0 N–H and O–H groups in total. The molecule has 0 unspecified atom stereocenters. The summed E-state index contributed by atoms with van der Waals surface area (Å²) in [5.41, 5.74) is 1.07. The fourth-order valence-electron chi connectivity index (χ4n) is 3.48. The average molecular weight is 397 g/mol. The van der Waals surface area contributed by atoms with Gasteiger partial charge in [0.25, 0.3) is 5.91 Å². The highest BCUT2D eigenvalue weighted by Crippen LogP contribution is 2.33. The highest BCUT2D eigenvalue weighted by molar-refractivity contribution is 7.18. The summed E-state index contributed by atoms with van der Waals surface area (Å²) in [4.78, 5) is 19.2. The smallest absolute Gasteiger partial charge is 0.260 e. The summed E-state index contributed by atoms with van der Waals surface area (Å²) in [5, 5.41) is 1.19. The Labute approximate surface area is 168 Å². The van der Waals surface area contributed by atoms with E-state index in [0.29, 0.717) is 18.3 Å². The van der Waals surface area contributed by atoms with Gasteiger partial charge >= 0.3 is 0 Å². The number of carbonyl (C=O) groups excluding carboxylic acids is 1. The zero-order chi connectivity index (χ0) is 19.3. The van der Waals surface area contributed by atoms with E-state index in [4.69, 9.17) is 14.5 Å². The molecule has 0 saturated carbocycles. The number of nitrogens with zero attached hydrogens (tertiary/aromatic N) is 2. The van der Waals surface area contributed by atoms with E-state index in [9.17, 15) is 4.79 Å². The molecule has 28 heavy (non-hydrogen) atoms. The first-order valence-electron chi connectivity index (χ1n) is 9.72. The summed E-state index contributed by atoms with van der Waals surface area (Å²) >= 11 is 1.78. The molecule has 2 aromatic carbocycles. The molecule has 0 radical (unpaired) electrons. The molecule has 1 fully saturated rings. The minimum absolute atomic E-state index is 0.0386. The predicted molar refractivity (Wildman–Crippen MR) is 111 cm³/mol. The van der Waals surface area contributed by atoms with Crippen LogP contribution in [0.4, 0.5) is 0 Å². The first-order valence-corrected chi connectivity index (χ1v) is 10.5. The van der Waals surface area contributed by atoms with Crippen molar-refractivity contribution in [2.24, 2.45) is 0 Å². The molecule has 3 aromatic rings. The van der Waals surface area contributed by atoms with Gasteiger partial charge in [-0.05, 0) is 56.2 Å². The maximum absolute atomic E-state index is 12.5. The van der Waals surface area contributed by atoms with Crippen LogP contribution in [0, 0.1) is 0 Å². The monoisotopic (exact) mass is 396 g/mol. The van der Waals surface area contributed by atoms with Crippen molar-refractivity contribution in [3.05, 3.63) is 53.5 Å². The van der Waals surface area contributed by atoms with Gasteiger partial charge in [0.1, 0.15) is 11.5 Å². The third kappa shape index (κ3) is 4.28. The van der Waals surface area contributed by atoms with Crippen molar-refractivity contribution >= 4 is 27.5 Å². The summed E-state index contributed by atoms with van der Waals surface area (Å²) in [5.74, 6) is 1.96. The maximum Gasteiger partial charge on any atom is 0.260 e. The highest BCUT2D eigenvalue weighted by Gasteiger charge is 2.26. The van der Waals surface area contributed by atoms with Gasteiger partial charge in [0.15, 0.2) is 6.61 Å². The Morgan fingerprint density at radius 1 is 1.07 bits per heavy atom. The SMILES string of the molecule is CCOc1ccc(OCC(=O)N2CCC(c3nc4ccccc4s3)CC2)cc1. The number of ether oxygens (including phenoxy) is 2. The molecular formula is C22H24N2O3S. The molecule has 5 nitrogen and oxygen atoms in total. The zero-order valence-corrected chi connectivity index (χ0v) is 16.8. The number of fused-ring (bicyclic) bond motifs is 1. The van der Waals surface area contributed by atoms with Crippen LogP contribution in [0.5, 0.6) is 11.5 Å². The van der Waals surface area contributed by atoms with Crippen LogP contribution in [0.1, 0.15) is 30.7 Å². The number of likely N-dealkylation sites (tertiary alicyclic amines) is 1. The van der Waals surface area contributed by atoms with Crippen LogP contribution in [-0.4, -0.2) is 42.1 Å². The lowest BCUT2D eigenvalue weighted by Crippen LogP contribution is -2.40. The third-order valence-electron chi connectivity index (χ3n) is 5.00. The number of piperidine rings is 1. The molecule has 0 spiro atoms. The van der Waals surface area contributed by atoms with E-state index in [-0.39, 0.29) is 12.5 Å². The van der Waals surface area contributed by atoms with Crippen molar-refractivity contribution in [3.8, 4) is 11.5 Å². The minimum Gasteiger partial charge on any atom is -0.494 e. The average Bonchev–Trinajstić information content (AvgIpc) is 3.18. The van der Waals surface area contributed by atoms with Crippen LogP contribution in [-0.2, 0) is 4.79 Å². The number of amides is 1. The molecule has 1 aliphatic heterocycles. The first-order chi connectivity index (χ1) is 13.7. The number of para-hydroxylation sites is 1. The van der Waals surface area contributed by atoms with Crippen LogP contribution < -0.4 is 9.47 Å². The molecule has 146 valence electrons. The number of benzene rings is 2. The Bertz CT molecular complexity index is 897. The number of carbonyl (C=O) groups is 1. The van der Waals surface area contributed by atoms with Gasteiger partial charge in [0.05, 0.1) is 21.8 Å². The van der Waals surface area contributed by atoms with E-state index in [0.717, 1.165) is 37.2 Å². The Morgan fingerprint density at radius 2 is 1.75 bits per heavy atom. The number of hydrogen-bond donors (Lipinski definition) is 0. The lowest BCUT2D eigenvalue weighted by Gasteiger charge is -2.31. The van der Waals surface area contributed by atoms with Gasteiger partial charge in [-0.2, -0.15) is 0 Å². The maximum atomic E-state index is 12.5. The first kappa shape index (κ1) is 18.7. The lowest BCUT2D eigenvalue weighted by molar-refractivity contribution is -0.134. The summed E-state index contributed by atoms with van der Waals surface area (Å²) in [6, 6.07) is 15.6. The second-order valence-electron chi connectivity index (χ2n) is 6.87. The molecule has 4 rings (SSSR count). The van der Waals surface area contributed by atoms with E-state index < -0.39 is 0 Å². The number of rotatable bonds is 6. The summed E-state index contributed by atoms with van der Waals surface area (Å²) in [6.07, 6.45) is 1.91. The Hall–Kier alpha value is -2.60. The zero-order valence-electron chi connectivity index (χ0n) is 16.0. The molecule has 0 aliphatic carbocycles. The van der Waals surface area contributed by atoms with Crippen LogP contribution in [0.2, 0.25) is 0 Å². The van der Waals surface area contributed by atoms with Crippen molar-refractivity contribution in [1.82, 2.24) is 9.88 Å². The van der Waals surface area contributed by atoms with Crippen molar-refractivity contribution in [2.45, 2.75) is 25.7 Å². The molecule has 1 aromatic heterocycles. The van der Waals surface area contributed by atoms with Crippen LogP contribution >= 0.6 is 11.3 Å². The second-order valence-corrected chi connectivity index (χ2v) is 7.93. The van der Waals surface area contributed by atoms with Gasteiger partial charge in [-0.15, -0.1) is 11.3 Å². The van der Waals surface area contributed by atoms with Gasteiger partial charge < -0.3 is 14.4 Å². The standard InChI is InChI=1S/C22H24N2O3S/c1-2-26-17-7-9-18(10-8-17)27-15-21(25)24-13-11-16(12-14-24)22-23-19-5-3-4-6-20(19)28-22/h3-10,16H,2,11-15H2,1H3. The lowest BCUT2D eigenvalue weighted by atomic mass is 9.97. The highest BCUT2D eigenvalue weighted by atomic mass is 32.1. The number of thiazole rings is 1. The van der Waals surface area contributed by atoms with Gasteiger partial charge in [0, 0.05) is 19.0 Å². The van der Waals surface area contributed by atoms with Crippen molar-refractivity contribution < 1.29 is 14.3 Å². The largest absolute Gasteiger partial charge is 0.494 e. The van der Waals surface area contributed by atoms with E-state index in [2.05, 4.69) is 18.2 Å². The van der Waals surface area contributed by atoms with Crippen LogP contribution in [0.3, 0.4) is 0 Å². The number of hydrogen-bond acceptors (Lipinski definition) is 5. The van der Waals surface area contributed by atoms with Gasteiger partial charge in [-0.25, -0.2) is 4.98 Å². The van der Waals surface area contributed by atoms with Crippen LogP contribution in [0.15, 0.2) is 48.5 Å². The molecular weight excluding hydrogens is 372 g/mol. The fraction of sp³-hybridized carbons (Fsp3) is 0.364. The third-order valence-corrected chi connectivity index (χ3v) is 6.20. The van der Waals surface area contributed by atoms with Crippen molar-refractivity contribution in [3.63, 3.8) is 0 Å². The number of aromatic nitrogens is 1. The van der Waals surface area contributed by atoms with E-state index in [1.54, 1.807) is 11.3 Å². The molecule has 0 bridgehead atoms. The molecule has 1 aliphatic rings. The minimum atomic E-state index is 0.0386. The summed E-state index contributed by atoms with van der Waals surface area (Å²) < 4.78 is 12.3. The normalized spacial score (nSPS) is 15.0. The molecule has 0 atom stereocenters. The molecule has 1 saturated heterocycles. The Kier molecular flexibility index (Phi) is 5.76. The fourth-order valence-corrected chi connectivity index (χ4v) is 4.61. The molecule has 1 amide bonds. The van der Waals surface area contributed by atoms with E-state index in [1.165, 1.54) is 9.71 Å².